The van der Waals surface area contributed by atoms with Gasteiger partial charge in [-0.25, -0.2) is 0 Å². The van der Waals surface area contributed by atoms with E-state index in [2.05, 4.69) is 17.3 Å². The normalized spacial score (nSPS) is 19.0. The Morgan fingerprint density at radius 1 is 1.50 bits per heavy atom. The number of hydrogen-bond donors (Lipinski definition) is 1. The van der Waals surface area contributed by atoms with E-state index in [0.717, 1.165) is 19.1 Å². The van der Waals surface area contributed by atoms with E-state index in [1.54, 1.807) is 0 Å². The molecule has 0 aliphatic heterocycles. The Morgan fingerprint density at radius 2 is 2.12 bits per heavy atom. The van der Waals surface area contributed by atoms with Gasteiger partial charge < -0.3 is 10.2 Å². The summed E-state index contributed by atoms with van der Waals surface area (Å²) in [5.41, 5.74) is 0. The smallest absolute Gasteiger partial charge is 0.224 e. The highest BCUT2D eigenvalue weighted by atomic mass is 35.5. The Labute approximate surface area is 104 Å². The van der Waals surface area contributed by atoms with Crippen molar-refractivity contribution in [2.45, 2.75) is 38.6 Å². The maximum atomic E-state index is 11.5. The molecule has 1 fully saturated rings. The summed E-state index contributed by atoms with van der Waals surface area (Å²) in [6.07, 6.45) is 5.32. The molecule has 0 spiro atoms. The largest absolute Gasteiger partial charge is 0.355 e. The molecule has 16 heavy (non-hydrogen) atoms. The van der Waals surface area contributed by atoms with Gasteiger partial charge in [-0.2, -0.15) is 0 Å². The van der Waals surface area contributed by atoms with Crippen LogP contribution in [-0.4, -0.2) is 42.9 Å². The molecule has 1 N–H and O–H groups in total. The van der Waals surface area contributed by atoms with Crippen LogP contribution in [0.2, 0.25) is 0 Å². The molecule has 1 rings (SSSR count). The van der Waals surface area contributed by atoms with Crippen LogP contribution in [0.25, 0.3) is 0 Å². The highest BCUT2D eigenvalue weighted by Crippen LogP contribution is 2.21. The van der Waals surface area contributed by atoms with Crippen molar-refractivity contribution in [1.82, 2.24) is 10.2 Å². The topological polar surface area (TPSA) is 32.3 Å². The summed E-state index contributed by atoms with van der Waals surface area (Å²) in [5.74, 6) is 0.373. The van der Waals surface area contributed by atoms with Gasteiger partial charge in [-0.15, -0.1) is 11.6 Å². The van der Waals surface area contributed by atoms with E-state index >= 15 is 0 Å². The predicted octanol–water partition coefficient (Wildman–Crippen LogP) is 1.85. The van der Waals surface area contributed by atoms with E-state index in [-0.39, 0.29) is 11.8 Å². The third-order valence-corrected chi connectivity index (χ3v) is 3.85. The fourth-order valence-electron chi connectivity index (χ4n) is 2.13. The zero-order valence-electron chi connectivity index (χ0n) is 10.3. The van der Waals surface area contributed by atoms with Crippen molar-refractivity contribution < 1.29 is 4.79 Å². The van der Waals surface area contributed by atoms with Crippen LogP contribution in [0.4, 0.5) is 0 Å². The van der Waals surface area contributed by atoms with Crippen molar-refractivity contribution in [3.05, 3.63) is 0 Å². The van der Waals surface area contributed by atoms with E-state index < -0.39 is 0 Å². The first kappa shape index (κ1) is 13.8. The molecule has 3 nitrogen and oxygen atoms in total. The van der Waals surface area contributed by atoms with Crippen LogP contribution in [-0.2, 0) is 4.79 Å². The Kier molecular flexibility index (Phi) is 6.14. The second kappa shape index (κ2) is 7.13. The van der Waals surface area contributed by atoms with Crippen LogP contribution in [0.5, 0.6) is 0 Å². The lowest BCUT2D eigenvalue weighted by Crippen LogP contribution is -2.39. The van der Waals surface area contributed by atoms with Crippen LogP contribution in [0.15, 0.2) is 0 Å². The maximum Gasteiger partial charge on any atom is 0.224 e. The van der Waals surface area contributed by atoms with Gasteiger partial charge in [-0.3, -0.25) is 4.79 Å². The van der Waals surface area contributed by atoms with Gasteiger partial charge in [0.15, 0.2) is 0 Å². The molecule has 0 heterocycles. The minimum Gasteiger partial charge on any atom is -0.355 e. The molecule has 0 radical (unpaired) electrons. The third kappa shape index (κ3) is 4.30. The molecule has 1 aliphatic rings. The fourth-order valence-corrected chi connectivity index (χ4v) is 2.27. The molecule has 0 aromatic rings. The number of alkyl halides is 1. The van der Waals surface area contributed by atoms with Gasteiger partial charge in [0.25, 0.3) is 0 Å². The average Bonchev–Trinajstić information content (AvgIpc) is 2.81. The highest BCUT2D eigenvalue weighted by Gasteiger charge is 2.19. The Bertz CT molecular complexity index is 217. The van der Waals surface area contributed by atoms with Crippen LogP contribution >= 0.6 is 11.6 Å². The summed E-state index contributed by atoms with van der Waals surface area (Å²) in [6, 6.07) is 0.724. The minimum absolute atomic E-state index is 0.0646. The predicted molar refractivity (Wildman–Crippen MR) is 67.8 cm³/mol. The molecule has 1 atom stereocenters. The molecular formula is C12H23ClN2O. The summed E-state index contributed by atoms with van der Waals surface area (Å²) in [4.78, 5) is 13.8. The first-order valence-electron chi connectivity index (χ1n) is 6.19. The van der Waals surface area contributed by atoms with Crippen LogP contribution < -0.4 is 5.32 Å². The number of nitrogens with one attached hydrogen (secondary N) is 1. The number of carbonyl (C=O) groups excluding carboxylic acids is 1. The lowest BCUT2D eigenvalue weighted by Gasteiger charge is -2.24. The van der Waals surface area contributed by atoms with Crippen molar-refractivity contribution in [3.63, 3.8) is 0 Å². The quantitative estimate of drug-likeness (QED) is 0.726. The fraction of sp³-hybridized carbons (Fsp3) is 0.917. The molecule has 0 aromatic carbocycles. The number of amides is 1. The Morgan fingerprint density at radius 3 is 2.69 bits per heavy atom. The van der Waals surface area contributed by atoms with E-state index in [0.29, 0.717) is 5.88 Å². The third-order valence-electron chi connectivity index (χ3n) is 3.39. The van der Waals surface area contributed by atoms with Gasteiger partial charge in [0, 0.05) is 30.9 Å². The zero-order chi connectivity index (χ0) is 12.0. The van der Waals surface area contributed by atoms with Gasteiger partial charge >= 0.3 is 0 Å². The lowest BCUT2D eigenvalue weighted by atomic mass is 10.2. The van der Waals surface area contributed by atoms with Gasteiger partial charge in [-0.05, 0) is 19.9 Å². The first-order valence-corrected chi connectivity index (χ1v) is 6.72. The molecule has 1 saturated carbocycles. The lowest BCUT2D eigenvalue weighted by molar-refractivity contribution is -0.123. The summed E-state index contributed by atoms with van der Waals surface area (Å²) < 4.78 is 0. The zero-order valence-corrected chi connectivity index (χ0v) is 11.1. The van der Waals surface area contributed by atoms with Crippen molar-refractivity contribution in [3.8, 4) is 0 Å². The number of rotatable bonds is 6. The number of carbonyl (C=O) groups is 1. The first-order chi connectivity index (χ1) is 7.65. The SMILES string of the molecule is CC(CCl)C(=O)NCCN(C)C1CCCC1. The van der Waals surface area contributed by atoms with E-state index in [1.807, 2.05) is 6.92 Å². The van der Waals surface area contributed by atoms with Gasteiger partial charge in [-0.1, -0.05) is 19.8 Å². The molecule has 94 valence electrons. The monoisotopic (exact) mass is 246 g/mol. The second-order valence-corrected chi connectivity index (χ2v) is 5.07. The van der Waals surface area contributed by atoms with Crippen LogP contribution in [0.1, 0.15) is 32.6 Å². The van der Waals surface area contributed by atoms with Crippen molar-refractivity contribution in [2.24, 2.45) is 5.92 Å². The number of hydrogen-bond acceptors (Lipinski definition) is 2. The van der Waals surface area contributed by atoms with Crippen molar-refractivity contribution in [2.75, 3.05) is 26.0 Å². The minimum atomic E-state index is -0.0848. The summed E-state index contributed by atoms with van der Waals surface area (Å²) in [5, 5.41) is 2.92. The van der Waals surface area contributed by atoms with Crippen LogP contribution in [0, 0.1) is 5.92 Å². The molecule has 1 aliphatic carbocycles. The van der Waals surface area contributed by atoms with Crippen LogP contribution in [0.3, 0.4) is 0 Å². The summed E-state index contributed by atoms with van der Waals surface area (Å²) in [6.45, 7) is 3.52. The molecule has 4 heteroatoms. The molecule has 0 saturated heterocycles. The maximum absolute atomic E-state index is 11.5. The van der Waals surface area contributed by atoms with E-state index in [4.69, 9.17) is 11.6 Å². The van der Waals surface area contributed by atoms with Gasteiger partial charge in [0.05, 0.1) is 0 Å². The van der Waals surface area contributed by atoms with Gasteiger partial charge in [0.1, 0.15) is 0 Å². The molecular weight excluding hydrogens is 224 g/mol. The van der Waals surface area contributed by atoms with Crippen molar-refractivity contribution in [1.29, 1.82) is 0 Å². The van der Waals surface area contributed by atoms with E-state index in [9.17, 15) is 4.79 Å². The molecule has 1 unspecified atom stereocenters. The standard InChI is InChI=1S/C12H23ClN2O/c1-10(9-13)12(16)14-7-8-15(2)11-5-3-4-6-11/h10-11H,3-9H2,1-2H3,(H,14,16). The Hall–Kier alpha value is -0.280. The highest BCUT2D eigenvalue weighted by molar-refractivity contribution is 6.19. The van der Waals surface area contributed by atoms with Gasteiger partial charge in [0.2, 0.25) is 5.91 Å². The molecule has 0 bridgehead atoms. The number of likely N-dealkylation sites (N-methyl/N-ethyl adjacent to an activating group) is 1. The van der Waals surface area contributed by atoms with E-state index in [1.165, 1.54) is 25.7 Å². The number of nitrogens with zero attached hydrogens (tertiary/aromatic N) is 1. The Balaban J connectivity index is 2.12. The second-order valence-electron chi connectivity index (χ2n) is 4.77. The summed E-state index contributed by atoms with van der Waals surface area (Å²) in [7, 11) is 2.15. The summed E-state index contributed by atoms with van der Waals surface area (Å²) >= 11 is 5.62. The van der Waals surface area contributed by atoms with Crippen molar-refractivity contribution >= 4 is 17.5 Å². The molecule has 1 amide bonds. The number of halogens is 1. The molecule has 0 aromatic heterocycles. The average molecular weight is 247 g/mol.